The van der Waals surface area contributed by atoms with Crippen molar-refractivity contribution in [3.05, 3.63) is 0 Å². The molecule has 0 aromatic rings. The van der Waals surface area contributed by atoms with Crippen molar-refractivity contribution in [2.45, 2.75) is 24.9 Å². The van der Waals surface area contributed by atoms with Gasteiger partial charge in [0.05, 0.1) is 12.7 Å². The van der Waals surface area contributed by atoms with Crippen LogP contribution in [0.5, 0.6) is 0 Å². The highest BCUT2D eigenvalue weighted by Crippen LogP contribution is 2.22. The van der Waals surface area contributed by atoms with Gasteiger partial charge in [0.25, 0.3) is 5.97 Å². The van der Waals surface area contributed by atoms with E-state index in [0.29, 0.717) is 12.8 Å². The first kappa shape index (κ1) is 7.94. The molecule has 60 valence electrons. The lowest BCUT2D eigenvalue weighted by Crippen LogP contribution is -2.42. The van der Waals surface area contributed by atoms with Gasteiger partial charge in [-0.2, -0.15) is 0 Å². The largest absolute Gasteiger partial charge is 0.391 e. The number of hydrogen-bond donors (Lipinski definition) is 2. The van der Waals surface area contributed by atoms with Crippen LogP contribution in [0.25, 0.3) is 0 Å². The minimum atomic E-state index is -1.46. The van der Waals surface area contributed by atoms with Crippen LogP contribution in [-0.2, 0) is 9.47 Å². The van der Waals surface area contributed by atoms with Crippen LogP contribution in [0.3, 0.4) is 0 Å². The molecule has 0 aromatic carbocycles. The molecule has 1 heterocycles. The Bertz CT molecular complexity index is 106. The molecular weight excluding hydrogens is 136 g/mol. The lowest BCUT2D eigenvalue weighted by molar-refractivity contribution is -0.373. The molecule has 2 N–H and O–H groups in total. The van der Waals surface area contributed by atoms with E-state index in [4.69, 9.17) is 9.84 Å². The lowest BCUT2D eigenvalue weighted by atomic mass is 10.1. The van der Waals surface area contributed by atoms with Crippen molar-refractivity contribution in [1.82, 2.24) is 0 Å². The van der Waals surface area contributed by atoms with Gasteiger partial charge in [-0.05, 0) is 6.42 Å². The first-order chi connectivity index (χ1) is 4.66. The topological polar surface area (TPSA) is 58.9 Å². The van der Waals surface area contributed by atoms with Crippen molar-refractivity contribution in [3.63, 3.8) is 0 Å². The third-order valence-electron chi connectivity index (χ3n) is 1.61. The summed E-state index contributed by atoms with van der Waals surface area (Å²) >= 11 is 0. The predicted molar refractivity (Wildman–Crippen MR) is 33.2 cm³/mol. The van der Waals surface area contributed by atoms with E-state index in [9.17, 15) is 5.11 Å². The summed E-state index contributed by atoms with van der Waals surface area (Å²) in [6, 6.07) is 0. The van der Waals surface area contributed by atoms with E-state index >= 15 is 0 Å². The molecule has 4 nitrogen and oxygen atoms in total. The fraction of sp³-hybridized carbons (Fsp3) is 1.00. The third kappa shape index (κ3) is 1.67. The van der Waals surface area contributed by atoms with Gasteiger partial charge < -0.3 is 19.7 Å². The van der Waals surface area contributed by atoms with Gasteiger partial charge in [0.1, 0.15) is 0 Å². The summed E-state index contributed by atoms with van der Waals surface area (Å²) < 4.78 is 9.46. The monoisotopic (exact) mass is 148 g/mol. The Morgan fingerprint density at radius 1 is 1.70 bits per heavy atom. The highest BCUT2D eigenvalue weighted by Gasteiger charge is 2.33. The van der Waals surface area contributed by atoms with Crippen LogP contribution in [0, 0.1) is 0 Å². The second-order valence-electron chi connectivity index (χ2n) is 2.42. The van der Waals surface area contributed by atoms with E-state index in [-0.39, 0.29) is 6.61 Å². The van der Waals surface area contributed by atoms with Gasteiger partial charge in [0.15, 0.2) is 0 Å². The van der Waals surface area contributed by atoms with E-state index in [0.717, 1.165) is 0 Å². The first-order valence-electron chi connectivity index (χ1n) is 3.26. The smallest absolute Gasteiger partial charge is 0.280 e. The van der Waals surface area contributed by atoms with Crippen LogP contribution in [-0.4, -0.2) is 36.0 Å². The summed E-state index contributed by atoms with van der Waals surface area (Å²) in [5.74, 6) is -1.46. The van der Waals surface area contributed by atoms with Crippen molar-refractivity contribution in [2.75, 3.05) is 13.7 Å². The zero-order valence-electron chi connectivity index (χ0n) is 5.91. The van der Waals surface area contributed by atoms with Crippen LogP contribution in [0.15, 0.2) is 0 Å². The van der Waals surface area contributed by atoms with Crippen LogP contribution in [0.4, 0.5) is 0 Å². The summed E-state index contributed by atoms with van der Waals surface area (Å²) in [5.41, 5.74) is 0. The van der Waals surface area contributed by atoms with Crippen molar-refractivity contribution in [1.29, 1.82) is 0 Å². The molecule has 1 fully saturated rings. The summed E-state index contributed by atoms with van der Waals surface area (Å²) in [6.45, 7) is 0.143. The van der Waals surface area contributed by atoms with Gasteiger partial charge in [-0.25, -0.2) is 0 Å². The zero-order valence-corrected chi connectivity index (χ0v) is 5.91. The molecule has 0 bridgehead atoms. The van der Waals surface area contributed by atoms with Crippen molar-refractivity contribution >= 4 is 0 Å². The van der Waals surface area contributed by atoms with E-state index in [1.54, 1.807) is 0 Å². The molecule has 0 saturated carbocycles. The van der Waals surface area contributed by atoms with Gasteiger partial charge in [-0.15, -0.1) is 0 Å². The SMILES string of the molecule is COC1(O)CCC(O)CO1. The van der Waals surface area contributed by atoms with Gasteiger partial charge in [0.2, 0.25) is 0 Å². The fourth-order valence-corrected chi connectivity index (χ4v) is 0.892. The summed E-state index contributed by atoms with van der Waals surface area (Å²) in [5, 5.41) is 18.2. The first-order valence-corrected chi connectivity index (χ1v) is 3.26. The highest BCUT2D eigenvalue weighted by atomic mass is 16.8. The molecular formula is C6H12O4. The lowest BCUT2D eigenvalue weighted by Gasteiger charge is -2.32. The zero-order chi connectivity index (χ0) is 7.61. The molecule has 1 aliphatic heterocycles. The minimum Gasteiger partial charge on any atom is -0.391 e. The van der Waals surface area contributed by atoms with Crippen molar-refractivity contribution in [3.8, 4) is 0 Å². The maximum Gasteiger partial charge on any atom is 0.280 e. The number of hydrogen-bond acceptors (Lipinski definition) is 4. The van der Waals surface area contributed by atoms with Crippen molar-refractivity contribution < 1.29 is 19.7 Å². The van der Waals surface area contributed by atoms with Crippen LogP contribution in [0.1, 0.15) is 12.8 Å². The second kappa shape index (κ2) is 2.84. The molecule has 0 spiro atoms. The average Bonchev–Trinajstić information content (AvgIpc) is 1.96. The molecule has 0 radical (unpaired) electrons. The van der Waals surface area contributed by atoms with Crippen molar-refractivity contribution in [2.24, 2.45) is 0 Å². The third-order valence-corrected chi connectivity index (χ3v) is 1.61. The molecule has 1 saturated heterocycles. The maximum atomic E-state index is 9.24. The van der Waals surface area contributed by atoms with E-state index in [2.05, 4.69) is 4.74 Å². The quantitative estimate of drug-likeness (QED) is 0.490. The van der Waals surface area contributed by atoms with Gasteiger partial charge in [-0.3, -0.25) is 0 Å². The molecule has 2 unspecified atom stereocenters. The predicted octanol–water partition coefficient (Wildman–Crippen LogP) is -0.550. The van der Waals surface area contributed by atoms with E-state index < -0.39 is 12.1 Å². The van der Waals surface area contributed by atoms with Gasteiger partial charge >= 0.3 is 0 Å². The number of rotatable bonds is 1. The number of aliphatic hydroxyl groups is 2. The van der Waals surface area contributed by atoms with Crippen LogP contribution < -0.4 is 0 Å². The summed E-state index contributed by atoms with van der Waals surface area (Å²) in [4.78, 5) is 0. The van der Waals surface area contributed by atoms with Gasteiger partial charge in [-0.1, -0.05) is 0 Å². The number of methoxy groups -OCH3 is 1. The van der Waals surface area contributed by atoms with E-state index in [1.165, 1.54) is 7.11 Å². The Kier molecular flexibility index (Phi) is 2.25. The minimum absolute atomic E-state index is 0.143. The Balaban J connectivity index is 2.38. The molecule has 10 heavy (non-hydrogen) atoms. The van der Waals surface area contributed by atoms with Crippen LogP contribution in [0.2, 0.25) is 0 Å². The molecule has 2 atom stereocenters. The number of aliphatic hydroxyl groups excluding tert-OH is 1. The molecule has 1 aliphatic rings. The molecule has 0 amide bonds. The van der Waals surface area contributed by atoms with Crippen LogP contribution >= 0.6 is 0 Å². The second-order valence-corrected chi connectivity index (χ2v) is 2.42. The standard InChI is InChI=1S/C6H12O4/c1-9-6(8)3-2-5(7)4-10-6/h5,7-8H,2-4H2,1H3. The Labute approximate surface area is 59.4 Å². The normalized spacial score (nSPS) is 41.7. The Hall–Kier alpha value is -0.160. The average molecular weight is 148 g/mol. The number of ether oxygens (including phenoxy) is 2. The van der Waals surface area contributed by atoms with E-state index in [1.807, 2.05) is 0 Å². The highest BCUT2D eigenvalue weighted by molar-refractivity contribution is 4.67. The molecule has 0 aromatic heterocycles. The summed E-state index contributed by atoms with van der Waals surface area (Å²) in [7, 11) is 1.37. The van der Waals surface area contributed by atoms with Gasteiger partial charge in [0, 0.05) is 13.5 Å². The Morgan fingerprint density at radius 3 is 2.80 bits per heavy atom. The fourth-order valence-electron chi connectivity index (χ4n) is 0.892. The molecule has 0 aliphatic carbocycles. The Morgan fingerprint density at radius 2 is 2.40 bits per heavy atom. The summed E-state index contributed by atoms with van der Waals surface area (Å²) in [6.07, 6.45) is 0.380. The molecule has 1 rings (SSSR count). The molecule has 4 heteroatoms. The maximum absolute atomic E-state index is 9.24.